The van der Waals surface area contributed by atoms with Crippen molar-refractivity contribution in [2.45, 2.75) is 38.3 Å². The van der Waals surface area contributed by atoms with Crippen LogP contribution in [0.1, 0.15) is 25.3 Å². The highest BCUT2D eigenvalue weighted by atomic mass is 16.5. The fraction of sp³-hybridized carbons (Fsp3) is 0.476. The van der Waals surface area contributed by atoms with Crippen molar-refractivity contribution in [2.75, 3.05) is 19.7 Å². The molecule has 0 spiro atoms. The number of hydrogen-bond donors (Lipinski definition) is 0. The van der Waals surface area contributed by atoms with Crippen LogP contribution in [0.3, 0.4) is 0 Å². The van der Waals surface area contributed by atoms with E-state index in [-0.39, 0.29) is 6.10 Å². The molecule has 3 saturated heterocycles. The van der Waals surface area contributed by atoms with Crippen molar-refractivity contribution in [1.29, 1.82) is 0 Å². The van der Waals surface area contributed by atoms with E-state index < -0.39 is 0 Å². The summed E-state index contributed by atoms with van der Waals surface area (Å²) >= 11 is 0. The monoisotopic (exact) mass is 336 g/mol. The van der Waals surface area contributed by atoms with Gasteiger partial charge in [-0.2, -0.15) is 0 Å². The van der Waals surface area contributed by atoms with E-state index in [2.05, 4.69) is 41.1 Å². The summed E-state index contributed by atoms with van der Waals surface area (Å²) in [5, 5.41) is 0. The zero-order valence-electron chi connectivity index (χ0n) is 14.6. The maximum atomic E-state index is 6.29. The molecule has 4 aliphatic rings. The maximum absolute atomic E-state index is 6.29. The van der Waals surface area contributed by atoms with Crippen molar-refractivity contribution in [3.05, 3.63) is 42.1 Å². The van der Waals surface area contributed by atoms with Gasteiger partial charge in [-0.1, -0.05) is 6.07 Å². The highest BCUT2D eigenvalue weighted by Crippen LogP contribution is 2.35. The first kappa shape index (κ1) is 15.2. The Bertz CT molecular complexity index is 764. The lowest BCUT2D eigenvalue weighted by molar-refractivity contribution is -0.0525. The van der Waals surface area contributed by atoms with Crippen molar-refractivity contribution in [3.8, 4) is 22.8 Å². The van der Waals surface area contributed by atoms with Crippen molar-refractivity contribution < 1.29 is 9.47 Å². The summed E-state index contributed by atoms with van der Waals surface area (Å²) in [6.07, 6.45) is 5.71. The molecule has 1 aromatic carbocycles. The van der Waals surface area contributed by atoms with Gasteiger partial charge in [0.05, 0.1) is 6.61 Å². The lowest BCUT2D eigenvalue weighted by Crippen LogP contribution is -2.58. The molecule has 130 valence electrons. The summed E-state index contributed by atoms with van der Waals surface area (Å²) in [5.74, 6) is 2.45. The van der Waals surface area contributed by atoms with Crippen LogP contribution in [-0.2, 0) is 6.42 Å². The number of nitrogens with zero attached hydrogens (tertiary/aromatic N) is 2. The number of hydrogen-bond acceptors (Lipinski definition) is 4. The van der Waals surface area contributed by atoms with E-state index in [9.17, 15) is 0 Å². The fourth-order valence-corrected chi connectivity index (χ4v) is 4.58. The van der Waals surface area contributed by atoms with Gasteiger partial charge in [0.2, 0.25) is 5.88 Å². The summed E-state index contributed by atoms with van der Waals surface area (Å²) in [5.41, 5.74) is 3.61. The molecule has 6 rings (SSSR count). The molecule has 2 unspecified atom stereocenters. The molecular weight excluding hydrogens is 312 g/mol. The lowest BCUT2D eigenvalue weighted by atomic mass is 9.81. The minimum atomic E-state index is 0.276. The van der Waals surface area contributed by atoms with Crippen LogP contribution in [0.2, 0.25) is 0 Å². The molecule has 25 heavy (non-hydrogen) atoms. The normalized spacial score (nSPS) is 30.0. The molecule has 4 heteroatoms. The Labute approximate surface area is 148 Å². The molecule has 0 radical (unpaired) electrons. The second kappa shape index (κ2) is 6.03. The number of ether oxygens (including phenoxy) is 2. The van der Waals surface area contributed by atoms with Gasteiger partial charge in [-0.05, 0) is 68.1 Å². The predicted molar refractivity (Wildman–Crippen MR) is 97.0 cm³/mol. The Morgan fingerprint density at radius 2 is 1.96 bits per heavy atom. The third kappa shape index (κ3) is 2.69. The van der Waals surface area contributed by atoms with Gasteiger partial charge in [-0.3, -0.25) is 4.90 Å². The largest absolute Gasteiger partial charge is 0.493 e. The molecular formula is C21H24N2O2. The Balaban J connectivity index is 1.33. The average Bonchev–Trinajstić information content (AvgIpc) is 3.13. The van der Waals surface area contributed by atoms with Crippen molar-refractivity contribution in [2.24, 2.45) is 5.92 Å². The molecule has 3 fully saturated rings. The Hall–Kier alpha value is -2.07. The van der Waals surface area contributed by atoms with Crippen molar-refractivity contribution >= 4 is 0 Å². The van der Waals surface area contributed by atoms with Crippen LogP contribution in [0.4, 0.5) is 0 Å². The van der Waals surface area contributed by atoms with Crippen LogP contribution in [0.15, 0.2) is 36.5 Å². The minimum Gasteiger partial charge on any atom is -0.493 e. The number of fused-ring (bicyclic) bond motifs is 4. The van der Waals surface area contributed by atoms with E-state index in [1.54, 1.807) is 0 Å². The number of aromatic nitrogens is 1. The molecule has 2 bridgehead atoms. The third-order valence-corrected chi connectivity index (χ3v) is 6.11. The summed E-state index contributed by atoms with van der Waals surface area (Å²) < 4.78 is 11.9. The van der Waals surface area contributed by atoms with E-state index in [4.69, 9.17) is 9.47 Å². The van der Waals surface area contributed by atoms with Crippen LogP contribution in [0.25, 0.3) is 11.1 Å². The lowest BCUT2D eigenvalue weighted by Gasteiger charge is -2.49. The molecule has 0 N–H and O–H groups in total. The molecule has 4 aliphatic heterocycles. The van der Waals surface area contributed by atoms with Crippen LogP contribution >= 0.6 is 0 Å². The fourth-order valence-electron chi connectivity index (χ4n) is 4.58. The van der Waals surface area contributed by atoms with Crippen LogP contribution in [0, 0.1) is 5.92 Å². The van der Waals surface area contributed by atoms with E-state index in [0.29, 0.717) is 12.0 Å². The molecule has 2 aromatic rings. The first-order valence-corrected chi connectivity index (χ1v) is 9.41. The number of benzene rings is 1. The van der Waals surface area contributed by atoms with Gasteiger partial charge in [0.25, 0.3) is 0 Å². The topological polar surface area (TPSA) is 34.6 Å². The van der Waals surface area contributed by atoms with Crippen LogP contribution in [0.5, 0.6) is 11.6 Å². The summed E-state index contributed by atoms with van der Waals surface area (Å²) in [4.78, 5) is 7.14. The minimum absolute atomic E-state index is 0.276. The smallest absolute Gasteiger partial charge is 0.213 e. The highest BCUT2D eigenvalue weighted by Gasteiger charge is 2.41. The Morgan fingerprint density at radius 3 is 2.72 bits per heavy atom. The van der Waals surface area contributed by atoms with Crippen molar-refractivity contribution in [3.63, 3.8) is 0 Å². The van der Waals surface area contributed by atoms with Crippen molar-refractivity contribution in [1.82, 2.24) is 9.88 Å². The first-order chi connectivity index (χ1) is 12.3. The SMILES string of the molecule is CC1C(Oc2ccc(-c3ccc4c(c3)CCO4)cn2)C2CCN1CC2. The molecule has 2 atom stereocenters. The second-order valence-electron chi connectivity index (χ2n) is 7.50. The molecule has 5 heterocycles. The standard InChI is InChI=1S/C21H24N2O2/c1-14-21(15-6-9-23(14)10-7-15)25-20-5-3-18(13-22-20)16-2-4-19-17(12-16)8-11-24-19/h2-5,12-15,21H,6-11H2,1H3. The molecule has 0 amide bonds. The summed E-state index contributed by atoms with van der Waals surface area (Å²) in [6.45, 7) is 5.53. The average molecular weight is 336 g/mol. The summed E-state index contributed by atoms with van der Waals surface area (Å²) in [7, 11) is 0. The van der Waals surface area contributed by atoms with Crippen LogP contribution < -0.4 is 9.47 Å². The second-order valence-corrected chi connectivity index (χ2v) is 7.50. The van der Waals surface area contributed by atoms with E-state index in [1.807, 2.05) is 12.3 Å². The maximum Gasteiger partial charge on any atom is 0.213 e. The van der Waals surface area contributed by atoms with Gasteiger partial charge in [0.1, 0.15) is 11.9 Å². The van der Waals surface area contributed by atoms with E-state index >= 15 is 0 Å². The van der Waals surface area contributed by atoms with Gasteiger partial charge in [0, 0.05) is 30.3 Å². The Morgan fingerprint density at radius 1 is 1.12 bits per heavy atom. The van der Waals surface area contributed by atoms with Gasteiger partial charge >= 0.3 is 0 Å². The molecule has 0 aliphatic carbocycles. The van der Waals surface area contributed by atoms with Gasteiger partial charge < -0.3 is 9.47 Å². The molecule has 0 saturated carbocycles. The zero-order chi connectivity index (χ0) is 16.8. The third-order valence-electron chi connectivity index (χ3n) is 6.11. The number of piperidine rings is 3. The summed E-state index contributed by atoms with van der Waals surface area (Å²) in [6, 6.07) is 11.0. The molecule has 1 aromatic heterocycles. The van der Waals surface area contributed by atoms with Crippen LogP contribution in [-0.4, -0.2) is 41.7 Å². The predicted octanol–water partition coefficient (Wildman–Crippen LogP) is 3.55. The molecule has 4 nitrogen and oxygen atoms in total. The van der Waals surface area contributed by atoms with E-state index in [0.717, 1.165) is 30.2 Å². The van der Waals surface area contributed by atoms with Gasteiger partial charge in [-0.15, -0.1) is 0 Å². The highest BCUT2D eigenvalue weighted by molar-refractivity contribution is 5.65. The number of rotatable bonds is 3. The van der Waals surface area contributed by atoms with E-state index in [1.165, 1.54) is 37.1 Å². The Kier molecular flexibility index (Phi) is 3.66. The zero-order valence-corrected chi connectivity index (χ0v) is 14.6. The first-order valence-electron chi connectivity index (χ1n) is 9.41. The van der Waals surface area contributed by atoms with Gasteiger partial charge in [-0.25, -0.2) is 4.98 Å². The quantitative estimate of drug-likeness (QED) is 0.859. The number of pyridine rings is 1. The van der Waals surface area contributed by atoms with Gasteiger partial charge in [0.15, 0.2) is 0 Å².